The standard InChI is InChI=1S/C16H22N4O/c1-4-7-13-15(20-17)18-10-19-16(13)21-14-9-6-5-8-12(14)11(2)3/h5-6,8-11H,4,7,17H2,1-3H3,(H,18,19,20). The quantitative estimate of drug-likeness (QED) is 0.626. The fraction of sp³-hybridized carbons (Fsp3) is 0.375. The van der Waals surface area contributed by atoms with Gasteiger partial charge in [-0.05, 0) is 24.0 Å². The van der Waals surface area contributed by atoms with E-state index in [1.54, 1.807) is 0 Å². The molecular formula is C16H22N4O. The van der Waals surface area contributed by atoms with Gasteiger partial charge in [-0.1, -0.05) is 45.4 Å². The summed E-state index contributed by atoms with van der Waals surface area (Å²) in [5.41, 5.74) is 4.67. The molecule has 1 aromatic heterocycles. The predicted molar refractivity (Wildman–Crippen MR) is 84.4 cm³/mol. The number of nitrogens with one attached hydrogen (secondary N) is 1. The Morgan fingerprint density at radius 3 is 2.67 bits per heavy atom. The molecule has 0 bridgehead atoms. The van der Waals surface area contributed by atoms with E-state index in [4.69, 9.17) is 10.6 Å². The highest BCUT2D eigenvalue weighted by Crippen LogP contribution is 2.32. The van der Waals surface area contributed by atoms with E-state index in [2.05, 4.69) is 42.2 Å². The highest BCUT2D eigenvalue weighted by Gasteiger charge is 2.14. The van der Waals surface area contributed by atoms with Gasteiger partial charge in [-0.25, -0.2) is 15.8 Å². The Morgan fingerprint density at radius 1 is 1.24 bits per heavy atom. The number of hydrogen-bond acceptors (Lipinski definition) is 5. The lowest BCUT2D eigenvalue weighted by Gasteiger charge is -2.16. The molecule has 0 saturated carbocycles. The van der Waals surface area contributed by atoms with Gasteiger partial charge < -0.3 is 10.2 Å². The molecule has 1 aromatic carbocycles. The fourth-order valence-corrected chi connectivity index (χ4v) is 2.24. The highest BCUT2D eigenvalue weighted by atomic mass is 16.5. The lowest BCUT2D eigenvalue weighted by Crippen LogP contribution is -2.12. The Hall–Kier alpha value is -2.14. The third kappa shape index (κ3) is 3.49. The first-order valence-corrected chi connectivity index (χ1v) is 7.24. The van der Waals surface area contributed by atoms with Gasteiger partial charge >= 0.3 is 0 Å². The SMILES string of the molecule is CCCc1c(NN)ncnc1Oc1ccccc1C(C)C. The van der Waals surface area contributed by atoms with Gasteiger partial charge in [0.25, 0.3) is 0 Å². The Bertz CT molecular complexity index is 599. The fourth-order valence-electron chi connectivity index (χ4n) is 2.24. The average Bonchev–Trinajstić information content (AvgIpc) is 2.49. The number of nitrogens with zero attached hydrogens (tertiary/aromatic N) is 2. The number of rotatable bonds is 6. The zero-order chi connectivity index (χ0) is 15.2. The summed E-state index contributed by atoms with van der Waals surface area (Å²) in [6.45, 7) is 6.38. The second-order valence-corrected chi connectivity index (χ2v) is 5.19. The molecule has 2 aromatic rings. The molecule has 0 aliphatic heterocycles. The molecular weight excluding hydrogens is 264 g/mol. The number of hydrazine groups is 1. The van der Waals surface area contributed by atoms with E-state index >= 15 is 0 Å². The maximum Gasteiger partial charge on any atom is 0.227 e. The predicted octanol–water partition coefficient (Wildman–Crippen LogP) is 3.63. The van der Waals surface area contributed by atoms with E-state index < -0.39 is 0 Å². The summed E-state index contributed by atoms with van der Waals surface area (Å²) >= 11 is 0. The van der Waals surface area contributed by atoms with Gasteiger partial charge in [0.05, 0.1) is 5.56 Å². The molecule has 5 heteroatoms. The number of benzene rings is 1. The van der Waals surface area contributed by atoms with Crippen LogP contribution in [0.1, 0.15) is 44.2 Å². The van der Waals surface area contributed by atoms with Crippen LogP contribution in [0.2, 0.25) is 0 Å². The molecule has 3 N–H and O–H groups in total. The van der Waals surface area contributed by atoms with Gasteiger partial charge in [0.2, 0.25) is 5.88 Å². The minimum Gasteiger partial charge on any atom is -0.438 e. The van der Waals surface area contributed by atoms with Gasteiger partial charge in [-0.3, -0.25) is 0 Å². The van der Waals surface area contributed by atoms with Crippen molar-refractivity contribution in [2.75, 3.05) is 5.43 Å². The minimum absolute atomic E-state index is 0.379. The Balaban J connectivity index is 2.40. The summed E-state index contributed by atoms with van der Waals surface area (Å²) in [6.07, 6.45) is 3.23. The molecule has 0 atom stereocenters. The summed E-state index contributed by atoms with van der Waals surface area (Å²) in [5.74, 6) is 7.91. The number of hydrogen-bond donors (Lipinski definition) is 2. The van der Waals surface area contributed by atoms with Crippen molar-refractivity contribution in [1.82, 2.24) is 9.97 Å². The van der Waals surface area contributed by atoms with Gasteiger partial charge in [0.15, 0.2) is 0 Å². The van der Waals surface area contributed by atoms with Gasteiger partial charge in [-0.15, -0.1) is 0 Å². The second-order valence-electron chi connectivity index (χ2n) is 5.19. The lowest BCUT2D eigenvalue weighted by molar-refractivity contribution is 0.446. The van der Waals surface area contributed by atoms with Crippen LogP contribution in [0, 0.1) is 0 Å². The Morgan fingerprint density at radius 2 is 2.00 bits per heavy atom. The van der Waals surface area contributed by atoms with Crippen molar-refractivity contribution in [2.24, 2.45) is 5.84 Å². The molecule has 2 rings (SSSR count). The minimum atomic E-state index is 0.379. The third-order valence-corrected chi connectivity index (χ3v) is 3.29. The zero-order valence-electron chi connectivity index (χ0n) is 12.8. The molecule has 0 aliphatic rings. The van der Waals surface area contributed by atoms with E-state index in [0.29, 0.717) is 17.6 Å². The lowest BCUT2D eigenvalue weighted by atomic mass is 10.0. The maximum absolute atomic E-state index is 6.05. The average molecular weight is 286 g/mol. The topological polar surface area (TPSA) is 73.1 Å². The molecule has 1 heterocycles. The normalized spacial score (nSPS) is 10.7. The third-order valence-electron chi connectivity index (χ3n) is 3.29. The van der Waals surface area contributed by atoms with Crippen molar-refractivity contribution in [3.8, 4) is 11.6 Å². The van der Waals surface area contributed by atoms with E-state index in [1.165, 1.54) is 6.33 Å². The van der Waals surface area contributed by atoms with Crippen LogP contribution in [0.15, 0.2) is 30.6 Å². The van der Waals surface area contributed by atoms with Crippen LogP contribution >= 0.6 is 0 Å². The van der Waals surface area contributed by atoms with Crippen LogP contribution in [-0.2, 0) is 6.42 Å². The molecule has 0 amide bonds. The largest absolute Gasteiger partial charge is 0.438 e. The van der Waals surface area contributed by atoms with Crippen LogP contribution < -0.4 is 16.0 Å². The van der Waals surface area contributed by atoms with Crippen LogP contribution in [0.25, 0.3) is 0 Å². The Kier molecular flexibility index (Phi) is 5.11. The monoisotopic (exact) mass is 286 g/mol. The number of ether oxygens (including phenoxy) is 1. The van der Waals surface area contributed by atoms with E-state index in [-0.39, 0.29) is 0 Å². The number of para-hydroxylation sites is 1. The number of nitrogens with two attached hydrogens (primary N) is 1. The molecule has 21 heavy (non-hydrogen) atoms. The summed E-state index contributed by atoms with van der Waals surface area (Å²) in [6, 6.07) is 8.01. The van der Waals surface area contributed by atoms with Crippen molar-refractivity contribution in [1.29, 1.82) is 0 Å². The molecule has 0 aliphatic carbocycles. The molecule has 0 radical (unpaired) electrons. The molecule has 0 spiro atoms. The van der Waals surface area contributed by atoms with Crippen molar-refractivity contribution < 1.29 is 4.74 Å². The molecule has 0 saturated heterocycles. The summed E-state index contributed by atoms with van der Waals surface area (Å²) in [5, 5.41) is 0. The van der Waals surface area contributed by atoms with Crippen LogP contribution in [0.3, 0.4) is 0 Å². The van der Waals surface area contributed by atoms with Gasteiger partial charge in [-0.2, -0.15) is 0 Å². The molecule has 5 nitrogen and oxygen atoms in total. The number of anilines is 1. The first-order chi connectivity index (χ1) is 10.2. The van der Waals surface area contributed by atoms with Crippen molar-refractivity contribution in [3.05, 3.63) is 41.7 Å². The summed E-state index contributed by atoms with van der Waals surface area (Å²) < 4.78 is 6.05. The van der Waals surface area contributed by atoms with Crippen LogP contribution in [0.5, 0.6) is 11.6 Å². The first-order valence-electron chi connectivity index (χ1n) is 7.24. The first kappa shape index (κ1) is 15.3. The molecule has 112 valence electrons. The van der Waals surface area contributed by atoms with Crippen molar-refractivity contribution >= 4 is 5.82 Å². The van der Waals surface area contributed by atoms with Crippen molar-refractivity contribution in [3.63, 3.8) is 0 Å². The smallest absolute Gasteiger partial charge is 0.227 e. The van der Waals surface area contributed by atoms with Crippen LogP contribution in [0.4, 0.5) is 5.82 Å². The summed E-state index contributed by atoms with van der Waals surface area (Å²) in [7, 11) is 0. The maximum atomic E-state index is 6.05. The van der Waals surface area contributed by atoms with Gasteiger partial charge in [0.1, 0.15) is 17.9 Å². The second kappa shape index (κ2) is 7.04. The molecule has 0 fully saturated rings. The summed E-state index contributed by atoms with van der Waals surface area (Å²) in [4.78, 5) is 8.42. The van der Waals surface area contributed by atoms with E-state index in [0.717, 1.165) is 29.7 Å². The van der Waals surface area contributed by atoms with E-state index in [9.17, 15) is 0 Å². The Labute approximate surface area is 125 Å². The highest BCUT2D eigenvalue weighted by molar-refractivity contribution is 5.49. The number of nitrogen functional groups attached to an aromatic ring is 1. The molecule has 0 unspecified atom stereocenters. The zero-order valence-corrected chi connectivity index (χ0v) is 12.8. The van der Waals surface area contributed by atoms with Gasteiger partial charge in [0, 0.05) is 0 Å². The van der Waals surface area contributed by atoms with Crippen LogP contribution in [-0.4, -0.2) is 9.97 Å². The van der Waals surface area contributed by atoms with E-state index in [1.807, 2.05) is 18.2 Å². The number of aromatic nitrogens is 2. The van der Waals surface area contributed by atoms with Crippen molar-refractivity contribution in [2.45, 2.75) is 39.5 Å².